The first-order valence-electron chi connectivity index (χ1n) is 33.3. The molecule has 21 aliphatic rings. The lowest BCUT2D eigenvalue weighted by atomic mass is 9.95. The van der Waals surface area contributed by atoms with E-state index in [2.05, 4.69) is 5.32 Å². The Labute approximate surface area is 591 Å². The smallest absolute Gasteiger partial charge is 0.321 e. The number of thioether (sulfide) groups is 2. The van der Waals surface area contributed by atoms with Crippen molar-refractivity contribution in [2.45, 2.75) is 254 Å². The van der Waals surface area contributed by atoms with E-state index in [0.29, 0.717) is 12.8 Å². The average molecular weight is 1530 g/mol. The summed E-state index contributed by atoms with van der Waals surface area (Å²) in [5.74, 6) is -4.55. The number of carbonyl (C=O) groups excluding carboxylic acids is 1. The van der Waals surface area contributed by atoms with Gasteiger partial charge in [-0.1, -0.05) is 6.42 Å². The van der Waals surface area contributed by atoms with Crippen LogP contribution in [0.3, 0.4) is 0 Å². The Morgan fingerprint density at radius 1 is 0.353 bits per heavy atom. The maximum Gasteiger partial charge on any atom is 0.321 e. The molecule has 41 nitrogen and oxygen atoms in total. The SMILES string of the molecule is CNC(CSCC1O[C@@H]2O[C@@H]3C(CO)O[C@H](O[C@@H]4C(CO)O[C@H](O[C@@H]5C(CO)O[C@H](O[C@@H]6C(CSC[C@@H](CCCCOCCOCCC(C)=O)C(=O)O)O[C@H](O[C@@H]7C(CO)O[C@@H](O[C@@H]8C(CO)O[C@@H](O[C@@H]1[C@H](O)C2O)C(O)[C@H]8O)C(O)[C@H]7O)C(O)[C@H]6O)C(O)[C@H]5O)C(O)[C@H]4O)C(O)[C@H]3O)C(=O)O. The average Bonchev–Trinajstić information content (AvgIpc) is 0.779. The van der Waals surface area contributed by atoms with Crippen LogP contribution in [0.5, 0.6) is 0 Å². The van der Waals surface area contributed by atoms with Gasteiger partial charge in [0.1, 0.15) is 171 Å². The number of Topliss-reactive ketones (excluding diaryl/α,β-unsaturated/α-hetero) is 1. The van der Waals surface area contributed by atoms with Crippen LogP contribution < -0.4 is 5.32 Å². The van der Waals surface area contributed by atoms with E-state index in [9.17, 15) is 122 Å². The third kappa shape index (κ3) is 20.7. The number of aliphatic hydroxyl groups is 19. The summed E-state index contributed by atoms with van der Waals surface area (Å²) in [6, 6.07) is -1.17. The van der Waals surface area contributed by atoms with Crippen molar-refractivity contribution >= 4 is 41.2 Å². The Morgan fingerprint density at radius 3 is 0.873 bits per heavy atom. The third-order valence-corrected chi connectivity index (χ3v) is 21.0. The van der Waals surface area contributed by atoms with Gasteiger partial charge in [-0.25, -0.2) is 0 Å². The van der Waals surface area contributed by atoms with Gasteiger partial charge < -0.3 is 188 Å². The highest BCUT2D eigenvalue weighted by Gasteiger charge is 2.60. The standard InChI is InChI=1S/C59H99NO40S2/c1-20(66)6-8-86-10-9-85-7-4-3-5-21(51(81)82)16-101-18-28-49-35(72)42(79)58(92-28)97-47-26(14-64)88-55(38(75)31(47)68)96-46-25(13-63)91-57(41(78)34(46)71)100-50-29(19-102-17-22(60-2)52(83)84)93-59(43(80)36(50)73)98-48-27(15-65)89-54(39(76)32(48)69)94-44-23(11-61)87-53(37(74)30(44)67)95-45-24(12-62)90-56(99-49)40(77)33(45)70/h21-50,53-65,67-80H,3-19H2,1-2H3,(H,81,82)(H,83,84)/t21-,22?,23?,24?,25?,26?,27?,28?,29?,30-,31-,32-,33-,34-,35-,36-,37?,38?,39?,40?,41?,42?,43?,44-,45-,46-,47-,48-,49-,50+,53-,54-,55+,56-,57+,58-,59-/m1/s1. The molecule has 15 unspecified atom stereocenters. The predicted molar refractivity (Wildman–Crippen MR) is 331 cm³/mol. The molecular weight excluding hydrogens is 1430 g/mol. The quantitative estimate of drug-likeness (QED) is 0.0340. The fourth-order valence-electron chi connectivity index (χ4n) is 12.7. The Kier molecular flexibility index (Phi) is 33.5. The van der Waals surface area contributed by atoms with Gasteiger partial charge in [0.25, 0.3) is 0 Å². The molecular formula is C59H99NO40S2. The number of unbranched alkanes of at least 4 members (excludes halogenated alkanes) is 1. The monoisotopic (exact) mass is 1530 g/mol. The minimum atomic E-state index is -2.28. The van der Waals surface area contributed by atoms with Crippen LogP contribution in [0.2, 0.25) is 0 Å². The van der Waals surface area contributed by atoms with Crippen LogP contribution in [0.25, 0.3) is 0 Å². The fourth-order valence-corrected chi connectivity index (χ4v) is 15.1. The number of carboxylic acids is 2. The minimum Gasteiger partial charge on any atom is -0.481 e. The first kappa shape index (κ1) is 85.5. The lowest BCUT2D eigenvalue weighted by molar-refractivity contribution is -0.395. The first-order chi connectivity index (χ1) is 48.6. The summed E-state index contributed by atoms with van der Waals surface area (Å²) in [6.07, 6.45) is -70.4. The Morgan fingerprint density at radius 2 is 0.618 bits per heavy atom. The Bertz CT molecular complexity index is 2530. The lowest BCUT2D eigenvalue weighted by Crippen LogP contribution is -2.68. The first-order valence-corrected chi connectivity index (χ1v) is 35.6. The number of ether oxygens (including phenoxy) is 16. The summed E-state index contributed by atoms with van der Waals surface area (Å²) in [5.41, 5.74) is 0. The Hall–Kier alpha value is -2.13. The molecule has 0 aromatic rings. The maximum atomic E-state index is 12.6. The molecule has 102 heavy (non-hydrogen) atoms. The van der Waals surface area contributed by atoms with E-state index in [-0.39, 0.29) is 68.1 Å². The van der Waals surface area contributed by atoms with Crippen LogP contribution in [0.15, 0.2) is 0 Å². The van der Waals surface area contributed by atoms with Crippen molar-refractivity contribution in [3.63, 3.8) is 0 Å². The number of hydrogen-bond acceptors (Lipinski definition) is 41. The van der Waals surface area contributed by atoms with Gasteiger partial charge in [-0.15, -0.1) is 0 Å². The summed E-state index contributed by atoms with van der Waals surface area (Å²) in [5, 5.41) is 240. The highest BCUT2D eigenvalue weighted by Crippen LogP contribution is 2.40. The fraction of sp³-hybridized carbons (Fsp3) is 0.949. The largest absolute Gasteiger partial charge is 0.481 e. The van der Waals surface area contributed by atoms with Crippen LogP contribution in [0.4, 0.5) is 0 Å². The summed E-state index contributed by atoms with van der Waals surface area (Å²) >= 11 is 1.82. The summed E-state index contributed by atoms with van der Waals surface area (Å²) in [6.45, 7) is -3.06. The van der Waals surface area contributed by atoms with E-state index >= 15 is 0 Å². The molecule has 592 valence electrons. The molecule has 21 rings (SSSR count). The van der Waals surface area contributed by atoms with E-state index in [4.69, 9.17) is 75.8 Å². The number of rotatable bonds is 27. The van der Waals surface area contributed by atoms with Gasteiger partial charge in [-0.3, -0.25) is 14.4 Å². The maximum absolute atomic E-state index is 12.6. The van der Waals surface area contributed by atoms with E-state index in [1.807, 2.05) is 0 Å². The number of likely N-dealkylation sites (N-methyl/N-ethyl adjacent to an activating group) is 1. The topological polar surface area (TPSA) is 636 Å². The number of hydrogen-bond donors (Lipinski definition) is 22. The molecule has 21 aliphatic heterocycles. The molecule has 21 fully saturated rings. The summed E-state index contributed by atoms with van der Waals surface area (Å²) < 4.78 is 93.8. The van der Waals surface area contributed by atoms with E-state index in [0.717, 1.165) is 23.5 Å². The molecule has 22 N–H and O–H groups in total. The van der Waals surface area contributed by atoms with Gasteiger partial charge in [0.05, 0.1) is 71.0 Å². The second-order valence-corrected chi connectivity index (χ2v) is 27.9. The second kappa shape index (κ2) is 40.0. The number of nitrogens with one attached hydrogen (secondary N) is 1. The summed E-state index contributed by atoms with van der Waals surface area (Å²) in [7, 11) is 1.36. The molecule has 0 aliphatic carbocycles. The molecule has 14 bridgehead atoms. The van der Waals surface area contributed by atoms with E-state index in [1.54, 1.807) is 0 Å². The summed E-state index contributed by atoms with van der Waals surface area (Å²) in [4.78, 5) is 35.7. The van der Waals surface area contributed by atoms with Crippen molar-refractivity contribution in [1.82, 2.24) is 5.32 Å². The molecule has 43 heteroatoms. The van der Waals surface area contributed by atoms with Gasteiger partial charge in [-0.05, 0) is 26.8 Å². The second-order valence-electron chi connectivity index (χ2n) is 25.7. The molecule has 37 atom stereocenters. The zero-order valence-corrected chi connectivity index (χ0v) is 57.0. The molecule has 21 heterocycles. The van der Waals surface area contributed by atoms with E-state index in [1.165, 1.54) is 14.0 Å². The van der Waals surface area contributed by atoms with E-state index < -0.39 is 272 Å². The van der Waals surface area contributed by atoms with Gasteiger partial charge in [0.2, 0.25) is 0 Å². The van der Waals surface area contributed by atoms with Crippen LogP contribution in [0.1, 0.15) is 32.6 Å². The van der Waals surface area contributed by atoms with Crippen LogP contribution >= 0.6 is 23.5 Å². The zero-order valence-electron chi connectivity index (χ0n) is 55.3. The van der Waals surface area contributed by atoms with Crippen molar-refractivity contribution < 1.29 is 197 Å². The minimum absolute atomic E-state index is 0.0322. The van der Waals surface area contributed by atoms with Gasteiger partial charge >= 0.3 is 11.9 Å². The van der Waals surface area contributed by atoms with Crippen LogP contribution in [-0.2, 0) is 90.2 Å². The predicted octanol–water partition coefficient (Wildman–Crippen LogP) is -12.2. The molecule has 0 saturated carbocycles. The van der Waals surface area contributed by atoms with Crippen molar-refractivity contribution in [1.29, 1.82) is 0 Å². The molecule has 0 aromatic heterocycles. The Balaban J connectivity index is 1.08. The number of aliphatic hydroxyl groups excluding tert-OH is 19. The van der Waals surface area contributed by atoms with Crippen molar-refractivity contribution in [2.75, 3.05) is 89.5 Å². The molecule has 0 amide bonds. The molecule has 21 saturated heterocycles. The third-order valence-electron chi connectivity index (χ3n) is 18.6. The molecule has 0 radical (unpaired) electrons. The van der Waals surface area contributed by atoms with Crippen molar-refractivity contribution in [3.05, 3.63) is 0 Å². The highest BCUT2D eigenvalue weighted by molar-refractivity contribution is 7.99. The van der Waals surface area contributed by atoms with Crippen LogP contribution in [0, 0.1) is 5.92 Å². The van der Waals surface area contributed by atoms with Gasteiger partial charge in [-0.2, -0.15) is 23.5 Å². The molecule has 0 aromatic carbocycles. The van der Waals surface area contributed by atoms with Gasteiger partial charge in [0.15, 0.2) is 44.0 Å². The number of carbonyl (C=O) groups is 3. The van der Waals surface area contributed by atoms with Crippen molar-refractivity contribution in [3.8, 4) is 0 Å². The zero-order chi connectivity index (χ0) is 74.5. The van der Waals surface area contributed by atoms with Crippen molar-refractivity contribution in [2.24, 2.45) is 5.92 Å². The highest BCUT2D eigenvalue weighted by atomic mass is 32.2. The normalized spacial score (nSPS) is 45.2. The van der Waals surface area contributed by atoms with Gasteiger partial charge in [0, 0.05) is 36.0 Å². The number of carboxylic acid groups (broad SMARTS) is 2. The number of aliphatic carboxylic acids is 2. The lowest BCUT2D eigenvalue weighted by Gasteiger charge is -2.50. The number of ketones is 1. The molecule has 0 spiro atoms. The van der Waals surface area contributed by atoms with Crippen LogP contribution in [-0.4, -0.2) is 435 Å².